The molecule has 0 atom stereocenters. The summed E-state index contributed by atoms with van der Waals surface area (Å²) in [6.45, 7) is 0. The summed E-state index contributed by atoms with van der Waals surface area (Å²) in [7, 11) is 0. The molecule has 4 N–H and O–H groups in total. The van der Waals surface area contributed by atoms with Crippen molar-refractivity contribution in [1.82, 2.24) is 21.2 Å². The van der Waals surface area contributed by atoms with E-state index in [1.807, 2.05) is 12.1 Å². The molecule has 5 nitrogen and oxygen atoms in total. The fourth-order valence-corrected chi connectivity index (χ4v) is 2.39. The summed E-state index contributed by atoms with van der Waals surface area (Å²) in [6.07, 6.45) is 8.31. The van der Waals surface area contributed by atoms with Gasteiger partial charge in [0, 0.05) is 12.2 Å². The topological polar surface area (TPSA) is 61.0 Å². The Morgan fingerprint density at radius 1 is 1.16 bits per heavy atom. The molecule has 7 heteroatoms. The summed E-state index contributed by atoms with van der Waals surface area (Å²) in [6, 6.07) is 4.21. The fourth-order valence-electron chi connectivity index (χ4n) is 2.00. The van der Waals surface area contributed by atoms with E-state index >= 15 is 0 Å². The van der Waals surface area contributed by atoms with Crippen LogP contribution in [0, 0.1) is 0 Å². The van der Waals surface area contributed by atoms with E-state index in [9.17, 15) is 0 Å². The van der Waals surface area contributed by atoms with Crippen LogP contribution >= 0.6 is 24.4 Å². The molecule has 1 aromatic heterocycles. The van der Waals surface area contributed by atoms with Gasteiger partial charge in [-0.25, -0.2) is 0 Å². The standard InChI is InChI=1S/C12H17N5S2/c18-11(14-9-4-1-2-5-9)16-17-12(19)15-10-6-3-7-13-8-10/h3,6-9H,1-2,4-5H2,(H2,14,16,18)(H2,15,17,19). The predicted molar refractivity (Wildman–Crippen MR) is 84.7 cm³/mol. The van der Waals surface area contributed by atoms with Crippen LogP contribution in [0.5, 0.6) is 0 Å². The van der Waals surface area contributed by atoms with Crippen molar-refractivity contribution in [2.24, 2.45) is 0 Å². The van der Waals surface area contributed by atoms with Crippen molar-refractivity contribution in [3.8, 4) is 0 Å². The van der Waals surface area contributed by atoms with E-state index in [-0.39, 0.29) is 0 Å². The smallest absolute Gasteiger partial charge is 0.189 e. The van der Waals surface area contributed by atoms with Crippen LogP contribution in [0.25, 0.3) is 0 Å². The predicted octanol–water partition coefficient (Wildman–Crippen LogP) is 1.69. The third kappa shape index (κ3) is 4.96. The van der Waals surface area contributed by atoms with Crippen LogP contribution in [0.4, 0.5) is 5.69 Å². The largest absolute Gasteiger partial charge is 0.359 e. The molecule has 1 fully saturated rings. The van der Waals surface area contributed by atoms with Crippen LogP contribution in [0.2, 0.25) is 0 Å². The Balaban J connectivity index is 1.67. The zero-order valence-electron chi connectivity index (χ0n) is 10.5. The minimum absolute atomic E-state index is 0.448. The van der Waals surface area contributed by atoms with Gasteiger partial charge in [-0.2, -0.15) is 0 Å². The van der Waals surface area contributed by atoms with E-state index in [1.54, 1.807) is 12.4 Å². The second-order valence-electron chi connectivity index (χ2n) is 4.40. The maximum atomic E-state index is 5.19. The van der Waals surface area contributed by atoms with Crippen LogP contribution < -0.4 is 21.5 Å². The maximum absolute atomic E-state index is 5.19. The molecule has 1 heterocycles. The van der Waals surface area contributed by atoms with Gasteiger partial charge in [0.15, 0.2) is 10.2 Å². The summed E-state index contributed by atoms with van der Waals surface area (Å²) in [5, 5.41) is 7.27. The molecule has 1 saturated carbocycles. The number of thiocarbonyl (C=S) groups is 2. The number of pyridine rings is 1. The van der Waals surface area contributed by atoms with Gasteiger partial charge >= 0.3 is 0 Å². The average molecular weight is 295 g/mol. The molecule has 1 aliphatic rings. The van der Waals surface area contributed by atoms with E-state index in [0.29, 0.717) is 16.3 Å². The second-order valence-corrected chi connectivity index (χ2v) is 5.22. The summed E-state index contributed by atoms with van der Waals surface area (Å²) in [5.74, 6) is 0. The van der Waals surface area contributed by atoms with Gasteiger partial charge in [-0.3, -0.25) is 15.8 Å². The molecule has 0 spiro atoms. The molecule has 0 saturated heterocycles. The first-order chi connectivity index (χ1) is 9.24. The van der Waals surface area contributed by atoms with E-state index in [4.69, 9.17) is 24.4 Å². The fraction of sp³-hybridized carbons (Fsp3) is 0.417. The van der Waals surface area contributed by atoms with Gasteiger partial charge in [-0.05, 0) is 49.4 Å². The van der Waals surface area contributed by atoms with Crippen LogP contribution in [0.3, 0.4) is 0 Å². The molecular formula is C12H17N5S2. The molecular weight excluding hydrogens is 278 g/mol. The average Bonchev–Trinajstić information content (AvgIpc) is 2.90. The monoisotopic (exact) mass is 295 g/mol. The zero-order chi connectivity index (χ0) is 13.5. The van der Waals surface area contributed by atoms with Gasteiger partial charge < -0.3 is 10.6 Å². The minimum Gasteiger partial charge on any atom is -0.359 e. The van der Waals surface area contributed by atoms with Crippen molar-refractivity contribution >= 4 is 40.3 Å². The van der Waals surface area contributed by atoms with Crippen molar-refractivity contribution in [2.75, 3.05) is 5.32 Å². The first kappa shape index (κ1) is 14.0. The molecule has 0 aliphatic heterocycles. The first-order valence-corrected chi connectivity index (χ1v) is 7.09. The molecule has 2 rings (SSSR count). The van der Waals surface area contributed by atoms with Gasteiger partial charge in [0.05, 0.1) is 11.9 Å². The van der Waals surface area contributed by atoms with Crippen LogP contribution in [-0.2, 0) is 0 Å². The lowest BCUT2D eigenvalue weighted by Gasteiger charge is -2.17. The quantitative estimate of drug-likeness (QED) is 0.489. The minimum atomic E-state index is 0.448. The van der Waals surface area contributed by atoms with Crippen molar-refractivity contribution in [1.29, 1.82) is 0 Å². The molecule has 1 aliphatic carbocycles. The lowest BCUT2D eigenvalue weighted by Crippen LogP contribution is -2.50. The summed E-state index contributed by atoms with van der Waals surface area (Å²) in [4.78, 5) is 3.99. The highest BCUT2D eigenvalue weighted by molar-refractivity contribution is 7.80. The molecule has 1 aromatic rings. The maximum Gasteiger partial charge on any atom is 0.189 e. The third-order valence-corrected chi connectivity index (χ3v) is 3.32. The normalized spacial score (nSPS) is 14.7. The number of anilines is 1. The number of hydrogen-bond donors (Lipinski definition) is 4. The molecule has 0 bridgehead atoms. The Labute approximate surface area is 123 Å². The molecule has 19 heavy (non-hydrogen) atoms. The zero-order valence-corrected chi connectivity index (χ0v) is 12.1. The molecule has 0 unspecified atom stereocenters. The number of nitrogens with one attached hydrogen (secondary N) is 4. The molecule has 0 aromatic carbocycles. The lowest BCUT2D eigenvalue weighted by atomic mass is 10.3. The Hall–Kier alpha value is -1.47. The Bertz CT molecular complexity index is 431. The first-order valence-electron chi connectivity index (χ1n) is 6.27. The van der Waals surface area contributed by atoms with Gasteiger partial charge in [0.25, 0.3) is 0 Å². The number of hydrazine groups is 1. The summed E-state index contributed by atoms with van der Waals surface area (Å²) < 4.78 is 0. The van der Waals surface area contributed by atoms with Crippen molar-refractivity contribution < 1.29 is 0 Å². The number of aromatic nitrogens is 1. The summed E-state index contributed by atoms with van der Waals surface area (Å²) in [5.41, 5.74) is 6.55. The highest BCUT2D eigenvalue weighted by Gasteiger charge is 2.15. The molecule has 0 radical (unpaired) electrons. The highest BCUT2D eigenvalue weighted by atomic mass is 32.1. The number of nitrogens with zero attached hydrogens (tertiary/aromatic N) is 1. The van der Waals surface area contributed by atoms with Crippen LogP contribution in [-0.4, -0.2) is 21.3 Å². The molecule has 102 valence electrons. The number of hydrogen-bond acceptors (Lipinski definition) is 3. The molecule has 0 amide bonds. The Morgan fingerprint density at radius 2 is 1.89 bits per heavy atom. The number of rotatable bonds is 2. The Morgan fingerprint density at radius 3 is 2.58 bits per heavy atom. The van der Waals surface area contributed by atoms with Gasteiger partial charge in [-0.15, -0.1) is 0 Å². The van der Waals surface area contributed by atoms with E-state index in [2.05, 4.69) is 26.5 Å². The van der Waals surface area contributed by atoms with Crippen molar-refractivity contribution in [3.63, 3.8) is 0 Å². The summed E-state index contributed by atoms with van der Waals surface area (Å²) >= 11 is 10.3. The van der Waals surface area contributed by atoms with E-state index < -0.39 is 0 Å². The van der Waals surface area contributed by atoms with Crippen LogP contribution in [0.15, 0.2) is 24.5 Å². The Kier molecular flexibility index (Phi) is 5.29. The lowest BCUT2D eigenvalue weighted by molar-refractivity contribution is 0.618. The van der Waals surface area contributed by atoms with Gasteiger partial charge in [0.1, 0.15) is 0 Å². The van der Waals surface area contributed by atoms with E-state index in [0.717, 1.165) is 5.69 Å². The van der Waals surface area contributed by atoms with Crippen molar-refractivity contribution in [3.05, 3.63) is 24.5 Å². The third-order valence-electron chi connectivity index (χ3n) is 2.90. The second kappa shape index (κ2) is 7.20. The van der Waals surface area contributed by atoms with Gasteiger partial charge in [0.2, 0.25) is 0 Å². The van der Waals surface area contributed by atoms with Crippen LogP contribution in [0.1, 0.15) is 25.7 Å². The van der Waals surface area contributed by atoms with E-state index in [1.165, 1.54) is 25.7 Å². The van der Waals surface area contributed by atoms with Crippen molar-refractivity contribution in [2.45, 2.75) is 31.7 Å². The SMILES string of the molecule is S=C(NNC(=S)NC1CCCC1)Nc1cccnc1. The van der Waals surface area contributed by atoms with Gasteiger partial charge in [-0.1, -0.05) is 12.8 Å². The highest BCUT2D eigenvalue weighted by Crippen LogP contribution is 2.17.